The van der Waals surface area contributed by atoms with E-state index in [1.807, 2.05) is 11.3 Å². The lowest BCUT2D eigenvalue weighted by Crippen LogP contribution is -1.92. The lowest BCUT2D eigenvalue weighted by atomic mass is 10.1. The van der Waals surface area contributed by atoms with Crippen molar-refractivity contribution in [1.29, 1.82) is 0 Å². The third-order valence-electron chi connectivity index (χ3n) is 2.44. The maximum atomic E-state index is 2.33. The summed E-state index contributed by atoms with van der Waals surface area (Å²) in [5.74, 6) is 0.679. The SMILES string of the molecule is CC/C=C\C(C)Cc1ccc(CCC)s1. The minimum absolute atomic E-state index is 0.679. The predicted octanol–water partition coefficient (Wildman–Crippen LogP) is 4.85. The van der Waals surface area contributed by atoms with Crippen molar-refractivity contribution < 1.29 is 0 Å². The Labute approximate surface area is 98.0 Å². The molecule has 1 aromatic heterocycles. The van der Waals surface area contributed by atoms with E-state index in [2.05, 4.69) is 45.1 Å². The molecule has 0 amide bonds. The molecule has 0 radical (unpaired) electrons. The zero-order valence-corrected chi connectivity index (χ0v) is 10.9. The van der Waals surface area contributed by atoms with E-state index in [-0.39, 0.29) is 0 Å². The summed E-state index contributed by atoms with van der Waals surface area (Å²) in [5.41, 5.74) is 0. The van der Waals surface area contributed by atoms with Gasteiger partial charge in [0.05, 0.1) is 0 Å². The molecule has 0 saturated heterocycles. The zero-order chi connectivity index (χ0) is 11.1. The van der Waals surface area contributed by atoms with Gasteiger partial charge in [0.2, 0.25) is 0 Å². The Morgan fingerprint density at radius 1 is 1.27 bits per heavy atom. The lowest BCUT2D eigenvalue weighted by molar-refractivity contribution is 0.729. The molecule has 0 aliphatic rings. The zero-order valence-electron chi connectivity index (χ0n) is 10.1. The Bertz CT molecular complexity index is 296. The average Bonchev–Trinajstić information content (AvgIpc) is 2.63. The third kappa shape index (κ3) is 4.65. The molecule has 0 aliphatic heterocycles. The van der Waals surface area contributed by atoms with Crippen molar-refractivity contribution in [3.8, 4) is 0 Å². The standard InChI is InChI=1S/C14H22S/c1-4-6-8-12(3)11-14-10-9-13(15-14)7-5-2/h6,8-10,12H,4-5,7,11H2,1-3H3/b8-6-. The van der Waals surface area contributed by atoms with Crippen LogP contribution < -0.4 is 0 Å². The molecule has 1 atom stereocenters. The molecule has 84 valence electrons. The van der Waals surface area contributed by atoms with Gasteiger partial charge in [-0.2, -0.15) is 0 Å². The third-order valence-corrected chi connectivity index (χ3v) is 3.60. The van der Waals surface area contributed by atoms with Gasteiger partial charge < -0.3 is 0 Å². The van der Waals surface area contributed by atoms with E-state index in [9.17, 15) is 0 Å². The highest BCUT2D eigenvalue weighted by atomic mass is 32.1. The summed E-state index contributed by atoms with van der Waals surface area (Å²) in [6, 6.07) is 4.59. The molecule has 0 nitrogen and oxygen atoms in total. The fourth-order valence-corrected chi connectivity index (χ4v) is 2.93. The lowest BCUT2D eigenvalue weighted by Gasteiger charge is -2.02. The maximum absolute atomic E-state index is 2.33. The van der Waals surface area contributed by atoms with Gasteiger partial charge in [0.15, 0.2) is 0 Å². The van der Waals surface area contributed by atoms with Crippen LogP contribution >= 0.6 is 11.3 Å². The first kappa shape index (κ1) is 12.5. The molecule has 0 bridgehead atoms. The predicted molar refractivity (Wildman–Crippen MR) is 70.6 cm³/mol. The summed E-state index contributed by atoms with van der Waals surface area (Å²) >= 11 is 1.99. The Kier molecular flexibility index (Phi) is 5.70. The normalized spacial score (nSPS) is 13.5. The Morgan fingerprint density at radius 3 is 2.67 bits per heavy atom. The van der Waals surface area contributed by atoms with Crippen LogP contribution in [0.2, 0.25) is 0 Å². The monoisotopic (exact) mass is 222 g/mol. The van der Waals surface area contributed by atoms with E-state index in [1.165, 1.54) is 24.1 Å². The Morgan fingerprint density at radius 2 is 2.00 bits per heavy atom. The fraction of sp³-hybridized carbons (Fsp3) is 0.571. The van der Waals surface area contributed by atoms with Crippen molar-refractivity contribution >= 4 is 11.3 Å². The second-order valence-electron chi connectivity index (χ2n) is 4.14. The van der Waals surface area contributed by atoms with Crippen molar-refractivity contribution in [2.75, 3.05) is 0 Å². The van der Waals surface area contributed by atoms with Crippen LogP contribution in [-0.2, 0) is 12.8 Å². The number of thiophene rings is 1. The first-order valence-electron chi connectivity index (χ1n) is 6.00. The molecule has 0 aliphatic carbocycles. The molecule has 0 saturated carbocycles. The molecule has 1 aromatic rings. The number of aryl methyl sites for hydroxylation is 1. The summed E-state index contributed by atoms with van der Waals surface area (Å²) in [6.45, 7) is 6.73. The molecular weight excluding hydrogens is 200 g/mol. The highest BCUT2D eigenvalue weighted by Crippen LogP contribution is 2.21. The fourth-order valence-electron chi connectivity index (χ4n) is 1.67. The molecule has 0 spiro atoms. The smallest absolute Gasteiger partial charge is 0.00539 e. The number of rotatable bonds is 6. The van der Waals surface area contributed by atoms with Gasteiger partial charge >= 0.3 is 0 Å². The highest BCUT2D eigenvalue weighted by Gasteiger charge is 2.03. The minimum Gasteiger partial charge on any atom is -0.145 e. The molecule has 15 heavy (non-hydrogen) atoms. The van der Waals surface area contributed by atoms with Crippen LogP contribution in [0.1, 0.15) is 43.4 Å². The van der Waals surface area contributed by atoms with Crippen LogP contribution in [0.15, 0.2) is 24.3 Å². The van der Waals surface area contributed by atoms with Crippen LogP contribution in [0.5, 0.6) is 0 Å². The van der Waals surface area contributed by atoms with Gasteiger partial charge in [-0.3, -0.25) is 0 Å². The maximum Gasteiger partial charge on any atom is 0.00539 e. The average molecular weight is 222 g/mol. The molecule has 1 heteroatoms. The first-order chi connectivity index (χ1) is 7.26. The van der Waals surface area contributed by atoms with E-state index >= 15 is 0 Å². The first-order valence-corrected chi connectivity index (χ1v) is 6.82. The van der Waals surface area contributed by atoms with Gasteiger partial charge in [-0.1, -0.05) is 39.3 Å². The molecule has 0 N–H and O–H groups in total. The molecular formula is C14H22S. The van der Waals surface area contributed by atoms with Crippen LogP contribution in [-0.4, -0.2) is 0 Å². The molecule has 1 unspecified atom stereocenters. The van der Waals surface area contributed by atoms with E-state index < -0.39 is 0 Å². The van der Waals surface area contributed by atoms with Crippen LogP contribution in [0.3, 0.4) is 0 Å². The van der Waals surface area contributed by atoms with Crippen LogP contribution in [0, 0.1) is 5.92 Å². The molecule has 0 fully saturated rings. The topological polar surface area (TPSA) is 0 Å². The second-order valence-corrected chi connectivity index (χ2v) is 5.39. The molecule has 1 heterocycles. The van der Waals surface area contributed by atoms with Crippen LogP contribution in [0.4, 0.5) is 0 Å². The van der Waals surface area contributed by atoms with Gasteiger partial charge in [-0.25, -0.2) is 0 Å². The Hall–Kier alpha value is -0.560. The van der Waals surface area contributed by atoms with E-state index in [4.69, 9.17) is 0 Å². The molecule has 1 rings (SSSR count). The van der Waals surface area contributed by atoms with Gasteiger partial charge in [0.1, 0.15) is 0 Å². The quantitative estimate of drug-likeness (QED) is 0.604. The van der Waals surface area contributed by atoms with Crippen molar-refractivity contribution in [3.63, 3.8) is 0 Å². The largest absolute Gasteiger partial charge is 0.145 e. The van der Waals surface area contributed by atoms with Crippen molar-refractivity contribution in [3.05, 3.63) is 34.0 Å². The highest BCUT2D eigenvalue weighted by molar-refractivity contribution is 7.11. The second kappa shape index (κ2) is 6.84. The summed E-state index contributed by atoms with van der Waals surface area (Å²) < 4.78 is 0. The van der Waals surface area contributed by atoms with Crippen molar-refractivity contribution in [1.82, 2.24) is 0 Å². The van der Waals surface area contributed by atoms with Gasteiger partial charge in [-0.05, 0) is 37.3 Å². The number of hydrogen-bond acceptors (Lipinski definition) is 1. The summed E-state index contributed by atoms with van der Waals surface area (Å²) in [5, 5.41) is 0. The van der Waals surface area contributed by atoms with E-state index in [1.54, 1.807) is 4.88 Å². The van der Waals surface area contributed by atoms with Gasteiger partial charge in [0.25, 0.3) is 0 Å². The summed E-state index contributed by atoms with van der Waals surface area (Å²) in [4.78, 5) is 3.07. The minimum atomic E-state index is 0.679. The van der Waals surface area contributed by atoms with Crippen LogP contribution in [0.25, 0.3) is 0 Å². The summed E-state index contributed by atoms with van der Waals surface area (Å²) in [7, 11) is 0. The van der Waals surface area contributed by atoms with Crippen molar-refractivity contribution in [2.24, 2.45) is 5.92 Å². The van der Waals surface area contributed by atoms with E-state index in [0.717, 1.165) is 6.42 Å². The number of hydrogen-bond donors (Lipinski definition) is 0. The van der Waals surface area contributed by atoms with Gasteiger partial charge in [0, 0.05) is 9.75 Å². The van der Waals surface area contributed by atoms with Gasteiger partial charge in [-0.15, -0.1) is 11.3 Å². The van der Waals surface area contributed by atoms with E-state index in [0.29, 0.717) is 5.92 Å². The number of allylic oxidation sites excluding steroid dienone is 2. The Balaban J connectivity index is 2.45. The van der Waals surface area contributed by atoms with Crippen molar-refractivity contribution in [2.45, 2.75) is 46.5 Å². The molecule has 0 aromatic carbocycles. The summed E-state index contributed by atoms with van der Waals surface area (Å²) in [6.07, 6.45) is 9.44.